The second-order valence-corrected chi connectivity index (χ2v) is 11.2. The quantitative estimate of drug-likeness (QED) is 0.436. The first-order valence-corrected chi connectivity index (χ1v) is 13.1. The summed E-state index contributed by atoms with van der Waals surface area (Å²) in [6.45, 7) is 8.00. The molecule has 2 aliphatic rings. The third-order valence-electron chi connectivity index (χ3n) is 7.73. The van der Waals surface area contributed by atoms with E-state index in [4.69, 9.17) is 4.98 Å². The standard InChI is InChI=1S/C29H33N7O2/c1-6-20-21(19-11-22(27(37)34(5)15-19)32-25-16-33(4)17-31-25)7-8-30-26(20)36-10-9-35-23(28(36)38)12-18-13-29(2,3)14-24(18)35/h7-8,11-12,15-17,32H,6,9-10,13-14H2,1-5H3. The van der Waals surface area contributed by atoms with Crippen molar-refractivity contribution < 1.29 is 4.79 Å². The second kappa shape index (κ2) is 8.72. The fourth-order valence-electron chi connectivity index (χ4n) is 6.01. The minimum atomic E-state index is -0.144. The van der Waals surface area contributed by atoms with Gasteiger partial charge in [-0.15, -0.1) is 0 Å². The molecule has 196 valence electrons. The number of amides is 1. The predicted octanol–water partition coefficient (Wildman–Crippen LogP) is 4.07. The summed E-state index contributed by atoms with van der Waals surface area (Å²) in [7, 11) is 3.62. The Morgan fingerprint density at radius 2 is 1.87 bits per heavy atom. The molecule has 1 N–H and O–H groups in total. The first kappa shape index (κ1) is 24.2. The number of aromatic nitrogens is 5. The summed E-state index contributed by atoms with van der Waals surface area (Å²) in [6.07, 6.45) is 9.80. The molecular formula is C29H33N7O2. The molecule has 0 radical (unpaired) electrons. The van der Waals surface area contributed by atoms with Crippen molar-refractivity contribution in [3.63, 3.8) is 0 Å². The van der Waals surface area contributed by atoms with Crippen LogP contribution in [-0.4, -0.2) is 36.1 Å². The Hall–Kier alpha value is -4.14. The Morgan fingerprint density at radius 1 is 1.05 bits per heavy atom. The number of pyridine rings is 2. The van der Waals surface area contributed by atoms with Crippen LogP contribution in [0.5, 0.6) is 0 Å². The topological polar surface area (TPSA) is 90.0 Å². The number of fused-ring (bicyclic) bond motifs is 3. The van der Waals surface area contributed by atoms with Crippen LogP contribution in [0.2, 0.25) is 0 Å². The normalized spacial score (nSPS) is 16.0. The Bertz CT molecular complexity index is 1640. The van der Waals surface area contributed by atoms with Gasteiger partial charge in [-0.05, 0) is 54.0 Å². The number of rotatable bonds is 5. The van der Waals surface area contributed by atoms with Crippen LogP contribution >= 0.6 is 0 Å². The average Bonchev–Trinajstić information content (AvgIpc) is 3.53. The molecule has 0 spiro atoms. The number of imidazole rings is 1. The third kappa shape index (κ3) is 3.93. The summed E-state index contributed by atoms with van der Waals surface area (Å²) in [5, 5.41) is 3.15. The van der Waals surface area contributed by atoms with Crippen LogP contribution in [0.25, 0.3) is 11.1 Å². The molecule has 38 heavy (non-hydrogen) atoms. The number of carbonyl (C=O) groups excluding carboxylic acids is 1. The van der Waals surface area contributed by atoms with Crippen LogP contribution in [-0.2, 0) is 39.9 Å². The Balaban J connectivity index is 1.38. The van der Waals surface area contributed by atoms with Crippen molar-refractivity contribution in [2.75, 3.05) is 16.8 Å². The number of aryl methyl sites for hydroxylation is 2. The molecule has 9 nitrogen and oxygen atoms in total. The van der Waals surface area contributed by atoms with Gasteiger partial charge < -0.3 is 19.0 Å². The predicted molar refractivity (Wildman–Crippen MR) is 148 cm³/mol. The van der Waals surface area contributed by atoms with Crippen molar-refractivity contribution in [2.24, 2.45) is 19.5 Å². The highest BCUT2D eigenvalue weighted by Crippen LogP contribution is 2.40. The van der Waals surface area contributed by atoms with Gasteiger partial charge in [0, 0.05) is 62.6 Å². The van der Waals surface area contributed by atoms with E-state index in [1.165, 1.54) is 11.3 Å². The zero-order chi connectivity index (χ0) is 26.8. The van der Waals surface area contributed by atoms with Crippen molar-refractivity contribution in [1.82, 2.24) is 23.7 Å². The Kier molecular flexibility index (Phi) is 5.55. The molecule has 0 bridgehead atoms. The smallest absolute Gasteiger partial charge is 0.276 e. The molecule has 1 amide bonds. The molecule has 4 aromatic rings. The maximum Gasteiger partial charge on any atom is 0.276 e. The summed E-state index contributed by atoms with van der Waals surface area (Å²) in [5.41, 5.74) is 6.73. The fraction of sp³-hybridized carbons (Fsp3) is 0.379. The number of hydrogen-bond donors (Lipinski definition) is 1. The van der Waals surface area contributed by atoms with Gasteiger partial charge >= 0.3 is 0 Å². The van der Waals surface area contributed by atoms with Gasteiger partial charge in [0.1, 0.15) is 23.0 Å². The summed E-state index contributed by atoms with van der Waals surface area (Å²) in [5.74, 6) is 1.29. The summed E-state index contributed by atoms with van der Waals surface area (Å²) >= 11 is 0. The van der Waals surface area contributed by atoms with Crippen LogP contribution in [0.4, 0.5) is 17.3 Å². The van der Waals surface area contributed by atoms with Crippen LogP contribution in [0.3, 0.4) is 0 Å². The van der Waals surface area contributed by atoms with E-state index in [1.54, 1.807) is 24.1 Å². The van der Waals surface area contributed by atoms with Gasteiger partial charge in [0.15, 0.2) is 0 Å². The molecule has 9 heteroatoms. The van der Waals surface area contributed by atoms with E-state index in [1.807, 2.05) is 41.0 Å². The van der Waals surface area contributed by atoms with Gasteiger partial charge in [-0.3, -0.25) is 14.5 Å². The highest BCUT2D eigenvalue weighted by atomic mass is 16.2. The third-order valence-corrected chi connectivity index (χ3v) is 7.73. The highest BCUT2D eigenvalue weighted by molar-refractivity contribution is 6.06. The Morgan fingerprint density at radius 3 is 2.61 bits per heavy atom. The minimum Gasteiger partial charge on any atom is -0.339 e. The van der Waals surface area contributed by atoms with E-state index in [9.17, 15) is 9.59 Å². The number of anilines is 3. The van der Waals surface area contributed by atoms with Gasteiger partial charge in [-0.2, -0.15) is 0 Å². The first-order chi connectivity index (χ1) is 18.1. The van der Waals surface area contributed by atoms with E-state index in [0.29, 0.717) is 30.3 Å². The number of nitrogens with one attached hydrogen (secondary N) is 1. The monoisotopic (exact) mass is 511 g/mol. The summed E-state index contributed by atoms with van der Waals surface area (Å²) in [6, 6.07) is 5.90. The maximum absolute atomic E-state index is 13.8. The molecule has 6 rings (SSSR count). The lowest BCUT2D eigenvalue weighted by Gasteiger charge is -2.31. The number of hydrogen-bond acceptors (Lipinski definition) is 5. The molecule has 0 aromatic carbocycles. The molecule has 4 aromatic heterocycles. The van der Waals surface area contributed by atoms with Crippen molar-refractivity contribution >= 4 is 23.2 Å². The van der Waals surface area contributed by atoms with Crippen LogP contribution in [0, 0.1) is 5.41 Å². The molecule has 0 unspecified atom stereocenters. The molecule has 1 aliphatic heterocycles. The first-order valence-electron chi connectivity index (χ1n) is 13.1. The molecule has 0 fully saturated rings. The van der Waals surface area contributed by atoms with Gasteiger partial charge in [-0.25, -0.2) is 9.97 Å². The Labute approximate surface area is 221 Å². The van der Waals surface area contributed by atoms with Crippen LogP contribution < -0.4 is 15.8 Å². The molecular weight excluding hydrogens is 478 g/mol. The lowest BCUT2D eigenvalue weighted by atomic mass is 9.90. The summed E-state index contributed by atoms with van der Waals surface area (Å²) < 4.78 is 5.62. The zero-order valence-corrected chi connectivity index (χ0v) is 22.6. The van der Waals surface area contributed by atoms with Crippen molar-refractivity contribution in [2.45, 2.75) is 46.6 Å². The van der Waals surface area contributed by atoms with E-state index < -0.39 is 0 Å². The van der Waals surface area contributed by atoms with Crippen LogP contribution in [0.15, 0.2) is 47.9 Å². The molecule has 1 aliphatic carbocycles. The van der Waals surface area contributed by atoms with Gasteiger partial charge in [0.05, 0.1) is 6.33 Å². The molecule has 0 saturated heterocycles. The lowest BCUT2D eigenvalue weighted by Crippen LogP contribution is -2.41. The fourth-order valence-corrected chi connectivity index (χ4v) is 6.01. The van der Waals surface area contributed by atoms with Crippen molar-refractivity contribution in [3.05, 3.63) is 76.0 Å². The largest absolute Gasteiger partial charge is 0.339 e. The number of nitrogens with zero attached hydrogens (tertiary/aromatic N) is 6. The minimum absolute atomic E-state index is 0.000718. The van der Waals surface area contributed by atoms with Crippen molar-refractivity contribution in [3.8, 4) is 11.1 Å². The molecule has 0 atom stereocenters. The second-order valence-electron chi connectivity index (χ2n) is 11.2. The highest BCUT2D eigenvalue weighted by Gasteiger charge is 2.37. The van der Waals surface area contributed by atoms with Crippen LogP contribution in [0.1, 0.15) is 48.1 Å². The summed E-state index contributed by atoms with van der Waals surface area (Å²) in [4.78, 5) is 37.5. The number of carbonyl (C=O) groups is 1. The van der Waals surface area contributed by atoms with Gasteiger partial charge in [-0.1, -0.05) is 20.8 Å². The van der Waals surface area contributed by atoms with E-state index >= 15 is 0 Å². The van der Waals surface area contributed by atoms with Crippen molar-refractivity contribution in [1.29, 1.82) is 0 Å². The molecule has 5 heterocycles. The maximum atomic E-state index is 13.8. The zero-order valence-electron chi connectivity index (χ0n) is 22.6. The van der Waals surface area contributed by atoms with E-state index in [0.717, 1.165) is 41.8 Å². The SMILES string of the molecule is CCc1c(-c2cc(Nc3cn(C)cn3)c(=O)n(C)c2)ccnc1N1CCn2c(cc3c2CC(C)(C)C3)C1=O. The van der Waals surface area contributed by atoms with E-state index in [2.05, 4.69) is 41.7 Å². The van der Waals surface area contributed by atoms with Gasteiger partial charge in [0.25, 0.3) is 11.5 Å². The average molecular weight is 512 g/mol. The van der Waals surface area contributed by atoms with E-state index in [-0.39, 0.29) is 16.9 Å². The lowest BCUT2D eigenvalue weighted by molar-refractivity contribution is 0.0963. The molecule has 0 saturated carbocycles. The van der Waals surface area contributed by atoms with Gasteiger partial charge in [0.2, 0.25) is 0 Å².